The van der Waals surface area contributed by atoms with Crippen LogP contribution in [0, 0.1) is 5.92 Å². The second-order valence-corrected chi connectivity index (χ2v) is 4.63. The van der Waals surface area contributed by atoms with Gasteiger partial charge in [0, 0.05) is 18.2 Å². The highest BCUT2D eigenvalue weighted by atomic mass is 16.5. The van der Waals surface area contributed by atoms with E-state index in [4.69, 9.17) is 4.74 Å². The third-order valence-electron chi connectivity index (χ3n) is 3.30. The van der Waals surface area contributed by atoms with Crippen LogP contribution in [0.15, 0.2) is 24.3 Å². The topological polar surface area (TPSA) is 38.3 Å². The van der Waals surface area contributed by atoms with E-state index in [1.54, 1.807) is 7.11 Å². The lowest BCUT2D eigenvalue weighted by Gasteiger charge is -2.10. The van der Waals surface area contributed by atoms with Crippen LogP contribution in [0.5, 0.6) is 5.75 Å². The molecule has 1 aliphatic rings. The molecule has 0 bridgehead atoms. The molecule has 0 radical (unpaired) electrons. The van der Waals surface area contributed by atoms with Gasteiger partial charge in [-0.25, -0.2) is 0 Å². The quantitative estimate of drug-likeness (QED) is 0.867. The van der Waals surface area contributed by atoms with E-state index < -0.39 is 0 Å². The fourth-order valence-electron chi connectivity index (χ4n) is 2.39. The highest BCUT2D eigenvalue weighted by Crippen LogP contribution is 2.28. The molecule has 1 aliphatic carbocycles. The summed E-state index contributed by atoms with van der Waals surface area (Å²) in [4.78, 5) is 11.8. The Bertz CT molecular complexity index is 384. The molecular formula is C14H19NO2. The number of methoxy groups -OCH3 is 1. The van der Waals surface area contributed by atoms with Gasteiger partial charge in [-0.05, 0) is 30.9 Å². The number of nitrogens with one attached hydrogen (secondary N) is 1. The monoisotopic (exact) mass is 233 g/mol. The van der Waals surface area contributed by atoms with Gasteiger partial charge < -0.3 is 10.1 Å². The molecule has 1 amide bonds. The van der Waals surface area contributed by atoms with E-state index in [1.807, 2.05) is 24.3 Å². The zero-order chi connectivity index (χ0) is 12.1. The number of hydrogen-bond acceptors (Lipinski definition) is 2. The number of carbonyl (C=O) groups excluding carboxylic acids is 1. The Balaban J connectivity index is 1.88. The Hall–Kier alpha value is -1.51. The van der Waals surface area contributed by atoms with Gasteiger partial charge in [-0.15, -0.1) is 0 Å². The number of hydrogen-bond donors (Lipinski definition) is 1. The highest BCUT2D eigenvalue weighted by molar-refractivity contribution is 5.91. The normalized spacial score (nSPS) is 15.8. The third kappa shape index (κ3) is 3.48. The van der Waals surface area contributed by atoms with Gasteiger partial charge in [0.1, 0.15) is 5.75 Å². The molecule has 0 aliphatic heterocycles. The van der Waals surface area contributed by atoms with Crippen LogP contribution in [-0.4, -0.2) is 13.0 Å². The Morgan fingerprint density at radius 3 is 2.88 bits per heavy atom. The van der Waals surface area contributed by atoms with E-state index in [-0.39, 0.29) is 5.91 Å². The van der Waals surface area contributed by atoms with Gasteiger partial charge in [0.15, 0.2) is 0 Å². The number of carbonyl (C=O) groups is 1. The van der Waals surface area contributed by atoms with Crippen molar-refractivity contribution in [1.29, 1.82) is 0 Å². The van der Waals surface area contributed by atoms with Crippen molar-refractivity contribution < 1.29 is 9.53 Å². The number of anilines is 1. The van der Waals surface area contributed by atoms with Crippen LogP contribution in [0.2, 0.25) is 0 Å². The summed E-state index contributed by atoms with van der Waals surface area (Å²) >= 11 is 0. The lowest BCUT2D eigenvalue weighted by molar-refractivity contribution is -0.117. The van der Waals surface area contributed by atoms with Crippen LogP contribution >= 0.6 is 0 Å². The molecule has 0 unspecified atom stereocenters. The Kier molecular flexibility index (Phi) is 4.02. The Morgan fingerprint density at radius 1 is 1.41 bits per heavy atom. The van der Waals surface area contributed by atoms with Gasteiger partial charge in [0.2, 0.25) is 5.91 Å². The molecule has 1 saturated carbocycles. The molecule has 1 aromatic carbocycles. The summed E-state index contributed by atoms with van der Waals surface area (Å²) in [6.07, 6.45) is 5.60. The van der Waals surface area contributed by atoms with Gasteiger partial charge in [-0.1, -0.05) is 18.9 Å². The van der Waals surface area contributed by atoms with Crippen molar-refractivity contribution in [2.24, 2.45) is 5.92 Å². The molecule has 17 heavy (non-hydrogen) atoms. The van der Waals surface area contributed by atoms with E-state index in [0.29, 0.717) is 12.3 Å². The van der Waals surface area contributed by atoms with Gasteiger partial charge >= 0.3 is 0 Å². The molecule has 0 saturated heterocycles. The molecule has 3 nitrogen and oxygen atoms in total. The SMILES string of the molecule is COc1cccc(NC(=O)CC2CCCC2)c1. The zero-order valence-corrected chi connectivity index (χ0v) is 10.2. The van der Waals surface area contributed by atoms with Crippen molar-refractivity contribution >= 4 is 11.6 Å². The van der Waals surface area contributed by atoms with E-state index >= 15 is 0 Å². The second-order valence-electron chi connectivity index (χ2n) is 4.63. The van der Waals surface area contributed by atoms with Crippen molar-refractivity contribution in [2.75, 3.05) is 12.4 Å². The molecule has 1 fully saturated rings. The van der Waals surface area contributed by atoms with E-state index in [1.165, 1.54) is 25.7 Å². The molecule has 1 aromatic rings. The maximum Gasteiger partial charge on any atom is 0.224 e. The smallest absolute Gasteiger partial charge is 0.224 e. The molecular weight excluding hydrogens is 214 g/mol. The van der Waals surface area contributed by atoms with Gasteiger partial charge in [-0.3, -0.25) is 4.79 Å². The van der Waals surface area contributed by atoms with Crippen LogP contribution in [0.4, 0.5) is 5.69 Å². The standard InChI is InChI=1S/C14H19NO2/c1-17-13-8-4-7-12(10-13)15-14(16)9-11-5-2-3-6-11/h4,7-8,10-11H,2-3,5-6,9H2,1H3,(H,15,16). The average molecular weight is 233 g/mol. The highest BCUT2D eigenvalue weighted by Gasteiger charge is 2.18. The van der Waals surface area contributed by atoms with Crippen LogP contribution < -0.4 is 10.1 Å². The minimum Gasteiger partial charge on any atom is -0.497 e. The molecule has 92 valence electrons. The lowest BCUT2D eigenvalue weighted by Crippen LogP contribution is -2.15. The zero-order valence-electron chi connectivity index (χ0n) is 10.2. The number of benzene rings is 1. The first-order valence-corrected chi connectivity index (χ1v) is 6.22. The third-order valence-corrected chi connectivity index (χ3v) is 3.30. The second kappa shape index (κ2) is 5.71. The van der Waals surface area contributed by atoms with Crippen molar-refractivity contribution in [3.63, 3.8) is 0 Å². The van der Waals surface area contributed by atoms with Gasteiger partial charge in [-0.2, -0.15) is 0 Å². The predicted molar refractivity (Wildman–Crippen MR) is 68.2 cm³/mol. The number of ether oxygens (including phenoxy) is 1. The number of amides is 1. The van der Waals surface area contributed by atoms with Gasteiger partial charge in [0.05, 0.1) is 7.11 Å². The summed E-state index contributed by atoms with van der Waals surface area (Å²) in [5, 5.41) is 2.92. The first kappa shape index (κ1) is 12.0. The Labute approximate surface area is 102 Å². The van der Waals surface area contributed by atoms with Gasteiger partial charge in [0.25, 0.3) is 0 Å². The van der Waals surface area contributed by atoms with Crippen molar-refractivity contribution in [3.8, 4) is 5.75 Å². The maximum absolute atomic E-state index is 11.8. The molecule has 0 spiro atoms. The van der Waals surface area contributed by atoms with E-state index in [9.17, 15) is 4.79 Å². The van der Waals surface area contributed by atoms with Crippen molar-refractivity contribution in [2.45, 2.75) is 32.1 Å². The first-order chi connectivity index (χ1) is 8.28. The molecule has 0 heterocycles. The predicted octanol–water partition coefficient (Wildman–Crippen LogP) is 3.21. The summed E-state index contributed by atoms with van der Waals surface area (Å²) in [7, 11) is 1.62. The Morgan fingerprint density at radius 2 is 2.18 bits per heavy atom. The molecule has 2 rings (SSSR count). The fraction of sp³-hybridized carbons (Fsp3) is 0.500. The average Bonchev–Trinajstić information content (AvgIpc) is 2.82. The van der Waals surface area contributed by atoms with E-state index in [0.717, 1.165) is 11.4 Å². The molecule has 0 atom stereocenters. The van der Waals surface area contributed by atoms with Crippen LogP contribution in [0.25, 0.3) is 0 Å². The minimum absolute atomic E-state index is 0.116. The largest absolute Gasteiger partial charge is 0.497 e. The van der Waals surface area contributed by atoms with Crippen LogP contribution in [0.1, 0.15) is 32.1 Å². The summed E-state index contributed by atoms with van der Waals surface area (Å²) in [5.41, 5.74) is 0.812. The van der Waals surface area contributed by atoms with Crippen LogP contribution in [0.3, 0.4) is 0 Å². The summed E-state index contributed by atoms with van der Waals surface area (Å²) in [5.74, 6) is 1.47. The lowest BCUT2D eigenvalue weighted by atomic mass is 10.0. The van der Waals surface area contributed by atoms with Crippen molar-refractivity contribution in [1.82, 2.24) is 0 Å². The maximum atomic E-state index is 11.8. The van der Waals surface area contributed by atoms with Crippen molar-refractivity contribution in [3.05, 3.63) is 24.3 Å². The van der Waals surface area contributed by atoms with E-state index in [2.05, 4.69) is 5.32 Å². The number of rotatable bonds is 4. The first-order valence-electron chi connectivity index (χ1n) is 6.22. The molecule has 0 aromatic heterocycles. The summed E-state index contributed by atoms with van der Waals surface area (Å²) in [6.45, 7) is 0. The summed E-state index contributed by atoms with van der Waals surface area (Å²) < 4.78 is 5.12. The summed E-state index contributed by atoms with van der Waals surface area (Å²) in [6, 6.07) is 7.47. The molecule has 1 N–H and O–H groups in total. The minimum atomic E-state index is 0.116. The molecule has 3 heteroatoms. The fourth-order valence-corrected chi connectivity index (χ4v) is 2.39. The van der Waals surface area contributed by atoms with Crippen LogP contribution in [-0.2, 0) is 4.79 Å².